The van der Waals surface area contributed by atoms with Gasteiger partial charge in [0.05, 0.1) is 20.3 Å². The Morgan fingerprint density at radius 2 is 1.97 bits per heavy atom. The molecule has 0 radical (unpaired) electrons. The van der Waals surface area contributed by atoms with Crippen LogP contribution < -0.4 is 20.1 Å². The molecular formula is C22H31N5O2. The fourth-order valence-corrected chi connectivity index (χ4v) is 3.60. The molecule has 0 spiro atoms. The van der Waals surface area contributed by atoms with Gasteiger partial charge in [0.2, 0.25) is 5.88 Å². The third-order valence-electron chi connectivity index (χ3n) is 5.21. The molecule has 1 aromatic carbocycles. The number of hydrogen-bond acceptors (Lipinski definition) is 5. The molecule has 0 bridgehead atoms. The van der Waals surface area contributed by atoms with Crippen LogP contribution in [0.5, 0.6) is 11.6 Å². The van der Waals surface area contributed by atoms with E-state index in [2.05, 4.69) is 43.7 Å². The summed E-state index contributed by atoms with van der Waals surface area (Å²) in [5, 5.41) is 6.84. The Morgan fingerprint density at radius 1 is 1.14 bits per heavy atom. The average Bonchev–Trinajstić information content (AvgIpc) is 3.31. The second-order valence-corrected chi connectivity index (χ2v) is 7.05. The van der Waals surface area contributed by atoms with Gasteiger partial charge < -0.3 is 20.1 Å². The molecule has 1 aliphatic rings. The van der Waals surface area contributed by atoms with E-state index >= 15 is 0 Å². The first-order chi connectivity index (χ1) is 14.2. The van der Waals surface area contributed by atoms with Crippen molar-refractivity contribution < 1.29 is 9.47 Å². The molecular weight excluding hydrogens is 366 g/mol. The molecule has 0 saturated carbocycles. The standard InChI is InChI=1S/C22H31N5O2/c1-23-22(25-15-17-9-10-21(29-3)24-14-17)26-16-20(27-11-4-5-12-27)18-7-6-8-19(13-18)28-2/h6-10,13-14,20H,4-5,11-12,15-16H2,1-3H3,(H2,23,25,26). The zero-order valence-electron chi connectivity index (χ0n) is 17.5. The third kappa shape index (κ3) is 5.84. The van der Waals surface area contributed by atoms with Crippen molar-refractivity contribution in [3.05, 3.63) is 53.7 Å². The highest BCUT2D eigenvalue weighted by Crippen LogP contribution is 2.27. The average molecular weight is 398 g/mol. The Hall–Kier alpha value is -2.80. The molecule has 7 nitrogen and oxygen atoms in total. The van der Waals surface area contributed by atoms with Crippen LogP contribution in [0.1, 0.15) is 30.0 Å². The van der Waals surface area contributed by atoms with Crippen LogP contribution in [0.25, 0.3) is 0 Å². The van der Waals surface area contributed by atoms with E-state index in [-0.39, 0.29) is 6.04 Å². The fraction of sp³-hybridized carbons (Fsp3) is 0.455. The number of methoxy groups -OCH3 is 2. The van der Waals surface area contributed by atoms with Gasteiger partial charge in [-0.15, -0.1) is 0 Å². The minimum Gasteiger partial charge on any atom is -0.497 e. The van der Waals surface area contributed by atoms with Gasteiger partial charge in [-0.3, -0.25) is 9.89 Å². The maximum absolute atomic E-state index is 5.43. The van der Waals surface area contributed by atoms with Crippen LogP contribution >= 0.6 is 0 Å². The van der Waals surface area contributed by atoms with E-state index in [4.69, 9.17) is 9.47 Å². The number of aromatic nitrogens is 1. The third-order valence-corrected chi connectivity index (χ3v) is 5.21. The molecule has 1 aliphatic heterocycles. The summed E-state index contributed by atoms with van der Waals surface area (Å²) >= 11 is 0. The summed E-state index contributed by atoms with van der Waals surface area (Å²) in [7, 11) is 5.12. The first-order valence-corrected chi connectivity index (χ1v) is 10.0. The quantitative estimate of drug-likeness (QED) is 0.527. The lowest BCUT2D eigenvalue weighted by atomic mass is 10.1. The van der Waals surface area contributed by atoms with Crippen LogP contribution in [-0.2, 0) is 6.54 Å². The summed E-state index contributed by atoms with van der Waals surface area (Å²) in [5.74, 6) is 2.28. The molecule has 29 heavy (non-hydrogen) atoms. The summed E-state index contributed by atoms with van der Waals surface area (Å²) < 4.78 is 10.5. The molecule has 1 fully saturated rings. The summed E-state index contributed by atoms with van der Waals surface area (Å²) in [6, 6.07) is 12.5. The van der Waals surface area contributed by atoms with Crippen molar-refractivity contribution in [2.75, 3.05) is 40.9 Å². The molecule has 7 heteroatoms. The number of ether oxygens (including phenoxy) is 2. The molecule has 1 aromatic heterocycles. The predicted octanol–water partition coefficient (Wildman–Crippen LogP) is 2.60. The van der Waals surface area contributed by atoms with Gasteiger partial charge in [-0.25, -0.2) is 4.98 Å². The number of pyridine rings is 1. The molecule has 1 saturated heterocycles. The van der Waals surface area contributed by atoms with E-state index in [1.165, 1.54) is 18.4 Å². The number of aliphatic imine (C=N–C) groups is 1. The lowest BCUT2D eigenvalue weighted by Gasteiger charge is -2.29. The Bertz CT molecular complexity index is 788. The van der Waals surface area contributed by atoms with Gasteiger partial charge in [0.25, 0.3) is 0 Å². The molecule has 156 valence electrons. The number of hydrogen-bond donors (Lipinski definition) is 2. The van der Waals surface area contributed by atoms with Crippen molar-refractivity contribution in [2.45, 2.75) is 25.4 Å². The second-order valence-electron chi connectivity index (χ2n) is 7.05. The molecule has 1 atom stereocenters. The van der Waals surface area contributed by atoms with Crippen LogP contribution in [0.2, 0.25) is 0 Å². The van der Waals surface area contributed by atoms with Crippen molar-refractivity contribution in [3.63, 3.8) is 0 Å². The molecule has 0 aliphatic carbocycles. The number of likely N-dealkylation sites (tertiary alicyclic amines) is 1. The van der Waals surface area contributed by atoms with E-state index in [1.54, 1.807) is 21.3 Å². The number of rotatable bonds is 8. The Kier molecular flexibility index (Phi) is 7.69. The van der Waals surface area contributed by atoms with Gasteiger partial charge in [-0.05, 0) is 49.2 Å². The van der Waals surface area contributed by atoms with Crippen LogP contribution in [0.15, 0.2) is 47.6 Å². The Balaban J connectivity index is 1.61. The van der Waals surface area contributed by atoms with Gasteiger partial charge in [-0.2, -0.15) is 0 Å². The highest BCUT2D eigenvalue weighted by atomic mass is 16.5. The van der Waals surface area contributed by atoms with Crippen molar-refractivity contribution in [3.8, 4) is 11.6 Å². The molecule has 2 aromatic rings. The normalized spacial score (nSPS) is 15.8. The fourth-order valence-electron chi connectivity index (χ4n) is 3.60. The van der Waals surface area contributed by atoms with Gasteiger partial charge in [0.1, 0.15) is 5.75 Å². The van der Waals surface area contributed by atoms with Crippen molar-refractivity contribution in [1.29, 1.82) is 0 Å². The minimum atomic E-state index is 0.272. The maximum atomic E-state index is 5.43. The highest BCUT2D eigenvalue weighted by Gasteiger charge is 2.24. The zero-order valence-corrected chi connectivity index (χ0v) is 17.5. The summed E-state index contributed by atoms with van der Waals surface area (Å²) in [5.41, 5.74) is 2.33. The SMILES string of the molecule is CN=C(NCc1ccc(OC)nc1)NCC(c1cccc(OC)c1)N1CCCC1. The van der Waals surface area contributed by atoms with E-state index in [1.807, 2.05) is 24.4 Å². The maximum Gasteiger partial charge on any atom is 0.212 e. The molecule has 2 N–H and O–H groups in total. The van der Waals surface area contributed by atoms with E-state index in [0.717, 1.165) is 36.9 Å². The molecule has 2 heterocycles. The first kappa shape index (κ1) is 20.9. The Morgan fingerprint density at radius 3 is 2.62 bits per heavy atom. The smallest absolute Gasteiger partial charge is 0.212 e. The summed E-state index contributed by atoms with van der Waals surface area (Å²) in [6.45, 7) is 3.65. The van der Waals surface area contributed by atoms with Crippen LogP contribution in [0, 0.1) is 0 Å². The first-order valence-electron chi connectivity index (χ1n) is 10.0. The number of nitrogens with one attached hydrogen (secondary N) is 2. The second kappa shape index (κ2) is 10.7. The van der Waals surface area contributed by atoms with Gasteiger partial charge in [-0.1, -0.05) is 18.2 Å². The number of guanidine groups is 1. The van der Waals surface area contributed by atoms with Crippen molar-refractivity contribution in [1.82, 2.24) is 20.5 Å². The Labute approximate surface area is 173 Å². The highest BCUT2D eigenvalue weighted by molar-refractivity contribution is 5.79. The minimum absolute atomic E-state index is 0.272. The largest absolute Gasteiger partial charge is 0.497 e. The van der Waals surface area contributed by atoms with Crippen LogP contribution in [-0.4, -0.2) is 56.7 Å². The zero-order chi connectivity index (χ0) is 20.5. The lowest BCUT2D eigenvalue weighted by molar-refractivity contribution is 0.245. The van der Waals surface area contributed by atoms with Crippen LogP contribution in [0.4, 0.5) is 0 Å². The summed E-state index contributed by atoms with van der Waals surface area (Å²) in [4.78, 5) is 11.1. The molecule has 1 unspecified atom stereocenters. The summed E-state index contributed by atoms with van der Waals surface area (Å²) in [6.07, 6.45) is 4.30. The van der Waals surface area contributed by atoms with Crippen molar-refractivity contribution >= 4 is 5.96 Å². The molecule has 3 rings (SSSR count). The topological polar surface area (TPSA) is 71.0 Å². The van der Waals surface area contributed by atoms with Crippen LogP contribution in [0.3, 0.4) is 0 Å². The van der Waals surface area contributed by atoms with Crippen molar-refractivity contribution in [2.24, 2.45) is 4.99 Å². The number of benzene rings is 1. The number of nitrogens with zero attached hydrogens (tertiary/aromatic N) is 3. The van der Waals surface area contributed by atoms with Gasteiger partial charge in [0.15, 0.2) is 5.96 Å². The van der Waals surface area contributed by atoms with Gasteiger partial charge >= 0.3 is 0 Å². The monoisotopic (exact) mass is 397 g/mol. The lowest BCUT2D eigenvalue weighted by Crippen LogP contribution is -2.42. The van der Waals surface area contributed by atoms with E-state index < -0.39 is 0 Å². The predicted molar refractivity (Wildman–Crippen MR) is 116 cm³/mol. The van der Waals surface area contributed by atoms with E-state index in [9.17, 15) is 0 Å². The van der Waals surface area contributed by atoms with Gasteiger partial charge in [0, 0.05) is 32.4 Å². The van der Waals surface area contributed by atoms with E-state index in [0.29, 0.717) is 12.4 Å². The molecule has 0 amide bonds.